The number of carbonyl (C=O) groups is 1. The Labute approximate surface area is 99.7 Å². The van der Waals surface area contributed by atoms with E-state index in [9.17, 15) is 4.79 Å². The lowest BCUT2D eigenvalue weighted by molar-refractivity contribution is -0.139. The fourth-order valence-corrected chi connectivity index (χ4v) is 1.57. The molecule has 1 aromatic carbocycles. The van der Waals surface area contributed by atoms with Gasteiger partial charge in [0.1, 0.15) is 11.8 Å². The highest BCUT2D eigenvalue weighted by molar-refractivity contribution is 5.73. The highest BCUT2D eigenvalue weighted by Crippen LogP contribution is 2.25. The Kier molecular flexibility index (Phi) is 4.49. The monoisotopic (exact) mass is 234 g/mol. The van der Waals surface area contributed by atoms with Crippen molar-refractivity contribution in [1.29, 1.82) is 5.26 Å². The van der Waals surface area contributed by atoms with Gasteiger partial charge in [0.05, 0.1) is 26.2 Å². The van der Waals surface area contributed by atoms with Crippen LogP contribution in [-0.4, -0.2) is 20.2 Å². The van der Waals surface area contributed by atoms with Crippen molar-refractivity contribution in [3.8, 4) is 11.8 Å². The molecule has 0 atom stereocenters. The zero-order valence-corrected chi connectivity index (χ0v) is 9.82. The van der Waals surface area contributed by atoms with Crippen LogP contribution in [0.1, 0.15) is 16.7 Å². The second kappa shape index (κ2) is 5.87. The number of nitrogens with zero attached hydrogens (tertiary/aromatic N) is 1. The van der Waals surface area contributed by atoms with Crippen LogP contribution in [0, 0.1) is 11.3 Å². The second-order valence-electron chi connectivity index (χ2n) is 3.40. The molecule has 1 aromatic rings. The number of nitriles is 1. The third-order valence-corrected chi connectivity index (χ3v) is 2.35. The summed E-state index contributed by atoms with van der Waals surface area (Å²) in [4.78, 5) is 11.2. The van der Waals surface area contributed by atoms with Gasteiger partial charge in [-0.2, -0.15) is 5.26 Å². The summed E-state index contributed by atoms with van der Waals surface area (Å²) in [6.07, 6.45) is 0.113. The summed E-state index contributed by atoms with van der Waals surface area (Å²) < 4.78 is 9.70. The van der Waals surface area contributed by atoms with E-state index in [1.54, 1.807) is 12.1 Å². The molecule has 17 heavy (non-hydrogen) atoms. The lowest BCUT2D eigenvalue weighted by atomic mass is 10.0. The van der Waals surface area contributed by atoms with E-state index in [1.807, 2.05) is 6.07 Å². The molecule has 0 aliphatic rings. The maximum Gasteiger partial charge on any atom is 0.309 e. The highest BCUT2D eigenvalue weighted by Gasteiger charge is 2.12. The summed E-state index contributed by atoms with van der Waals surface area (Å²) in [6, 6.07) is 5.37. The van der Waals surface area contributed by atoms with Gasteiger partial charge in [-0.05, 0) is 11.6 Å². The average Bonchev–Trinajstić information content (AvgIpc) is 2.37. The Morgan fingerprint density at radius 2 is 2.18 bits per heavy atom. The number of hydrogen-bond donors (Lipinski definition) is 1. The minimum Gasteiger partial charge on any atom is -0.495 e. The number of carbonyl (C=O) groups excluding carboxylic acids is 1. The quantitative estimate of drug-likeness (QED) is 0.776. The Hall–Kier alpha value is -2.06. The molecule has 5 nitrogen and oxygen atoms in total. The molecule has 0 unspecified atom stereocenters. The van der Waals surface area contributed by atoms with Gasteiger partial charge < -0.3 is 15.2 Å². The van der Waals surface area contributed by atoms with E-state index in [0.29, 0.717) is 22.4 Å². The van der Waals surface area contributed by atoms with Crippen LogP contribution >= 0.6 is 0 Å². The van der Waals surface area contributed by atoms with Gasteiger partial charge in [-0.3, -0.25) is 4.79 Å². The third-order valence-electron chi connectivity index (χ3n) is 2.35. The Morgan fingerprint density at radius 1 is 1.47 bits per heavy atom. The predicted molar refractivity (Wildman–Crippen MR) is 61.3 cm³/mol. The minimum atomic E-state index is -0.359. The van der Waals surface area contributed by atoms with Gasteiger partial charge in [-0.25, -0.2) is 0 Å². The average molecular weight is 234 g/mol. The first kappa shape index (κ1) is 13.0. The number of rotatable bonds is 4. The zero-order chi connectivity index (χ0) is 12.8. The van der Waals surface area contributed by atoms with Crippen LogP contribution in [-0.2, 0) is 22.5 Å². The number of nitrogens with two attached hydrogens (primary N) is 1. The van der Waals surface area contributed by atoms with Crippen molar-refractivity contribution in [2.24, 2.45) is 5.73 Å². The van der Waals surface area contributed by atoms with Gasteiger partial charge in [0.15, 0.2) is 0 Å². The molecule has 0 spiro atoms. The summed E-state index contributed by atoms with van der Waals surface area (Å²) >= 11 is 0. The molecule has 0 heterocycles. The molecule has 0 aliphatic carbocycles. The van der Waals surface area contributed by atoms with Gasteiger partial charge in [-0.15, -0.1) is 0 Å². The molecule has 0 radical (unpaired) electrons. The van der Waals surface area contributed by atoms with Crippen molar-refractivity contribution >= 4 is 5.97 Å². The molecule has 0 fully saturated rings. The zero-order valence-electron chi connectivity index (χ0n) is 9.82. The largest absolute Gasteiger partial charge is 0.495 e. The maximum atomic E-state index is 11.2. The normalized spacial score (nSPS) is 9.53. The van der Waals surface area contributed by atoms with Crippen molar-refractivity contribution in [3.05, 3.63) is 28.8 Å². The van der Waals surface area contributed by atoms with E-state index < -0.39 is 0 Å². The number of esters is 1. The summed E-state index contributed by atoms with van der Waals surface area (Å²) in [5.41, 5.74) is 7.34. The van der Waals surface area contributed by atoms with Crippen LogP contribution in [0.3, 0.4) is 0 Å². The van der Waals surface area contributed by atoms with Crippen molar-refractivity contribution in [2.45, 2.75) is 13.0 Å². The molecule has 0 saturated carbocycles. The van der Waals surface area contributed by atoms with Crippen LogP contribution in [0.2, 0.25) is 0 Å². The lowest BCUT2D eigenvalue weighted by Crippen LogP contribution is -2.08. The van der Waals surface area contributed by atoms with Crippen molar-refractivity contribution in [1.82, 2.24) is 0 Å². The molecule has 0 saturated heterocycles. The number of methoxy groups -OCH3 is 2. The number of ether oxygens (including phenoxy) is 2. The topological polar surface area (TPSA) is 85.3 Å². The highest BCUT2D eigenvalue weighted by atomic mass is 16.5. The SMILES string of the molecule is COC(=O)Cc1cc(C#N)c(OC)c(CN)c1. The van der Waals surface area contributed by atoms with Gasteiger partial charge in [0, 0.05) is 12.1 Å². The molecule has 0 aliphatic heterocycles. The number of hydrogen-bond acceptors (Lipinski definition) is 5. The molecular weight excluding hydrogens is 220 g/mol. The maximum absolute atomic E-state index is 11.2. The van der Waals surface area contributed by atoms with Crippen LogP contribution in [0.25, 0.3) is 0 Å². The third kappa shape index (κ3) is 2.95. The van der Waals surface area contributed by atoms with Crippen LogP contribution in [0.15, 0.2) is 12.1 Å². The van der Waals surface area contributed by atoms with Gasteiger partial charge >= 0.3 is 5.97 Å². The molecule has 1 rings (SSSR count). The molecule has 0 amide bonds. The van der Waals surface area contributed by atoms with Crippen LogP contribution in [0.4, 0.5) is 0 Å². The summed E-state index contributed by atoms with van der Waals surface area (Å²) in [7, 11) is 2.80. The van der Waals surface area contributed by atoms with E-state index in [2.05, 4.69) is 4.74 Å². The predicted octanol–water partition coefficient (Wildman–Crippen LogP) is 0.741. The van der Waals surface area contributed by atoms with E-state index in [4.69, 9.17) is 15.7 Å². The Morgan fingerprint density at radius 3 is 2.65 bits per heavy atom. The van der Waals surface area contributed by atoms with E-state index in [1.165, 1.54) is 14.2 Å². The van der Waals surface area contributed by atoms with E-state index >= 15 is 0 Å². The Balaban J connectivity index is 3.19. The first-order valence-electron chi connectivity index (χ1n) is 5.03. The molecule has 0 aromatic heterocycles. The molecule has 0 bridgehead atoms. The summed E-state index contributed by atoms with van der Waals surface area (Å²) in [6.45, 7) is 0.243. The first-order valence-corrected chi connectivity index (χ1v) is 5.03. The van der Waals surface area contributed by atoms with Crippen molar-refractivity contribution < 1.29 is 14.3 Å². The molecule has 90 valence electrons. The fourth-order valence-electron chi connectivity index (χ4n) is 1.57. The molecule has 2 N–H and O–H groups in total. The van der Waals surface area contributed by atoms with Gasteiger partial charge in [0.25, 0.3) is 0 Å². The minimum absolute atomic E-state index is 0.113. The summed E-state index contributed by atoms with van der Waals surface area (Å²) in [5, 5.41) is 9.00. The van der Waals surface area contributed by atoms with E-state index in [0.717, 1.165) is 0 Å². The smallest absolute Gasteiger partial charge is 0.309 e. The molecular formula is C12H14N2O3. The van der Waals surface area contributed by atoms with E-state index in [-0.39, 0.29) is 18.9 Å². The number of benzene rings is 1. The second-order valence-corrected chi connectivity index (χ2v) is 3.40. The van der Waals surface area contributed by atoms with Crippen molar-refractivity contribution in [2.75, 3.05) is 14.2 Å². The molecule has 5 heteroatoms. The van der Waals surface area contributed by atoms with Crippen LogP contribution < -0.4 is 10.5 Å². The van der Waals surface area contributed by atoms with Gasteiger partial charge in [-0.1, -0.05) is 6.07 Å². The van der Waals surface area contributed by atoms with Gasteiger partial charge in [0.2, 0.25) is 0 Å². The fraction of sp³-hybridized carbons (Fsp3) is 0.333. The first-order chi connectivity index (χ1) is 8.15. The Bertz CT molecular complexity index is 464. The summed E-state index contributed by atoms with van der Waals surface area (Å²) in [5.74, 6) is 0.102. The standard InChI is InChI=1S/C12H14N2O3/c1-16-11(15)5-8-3-9(6-13)12(17-2)10(4-8)7-14/h3-4H,5-6,13H2,1-2H3. The lowest BCUT2D eigenvalue weighted by Gasteiger charge is -2.10. The van der Waals surface area contributed by atoms with Crippen molar-refractivity contribution in [3.63, 3.8) is 0 Å². The van der Waals surface area contributed by atoms with Crippen LogP contribution in [0.5, 0.6) is 5.75 Å².